The zero-order chi connectivity index (χ0) is 18.1. The lowest BCUT2D eigenvalue weighted by molar-refractivity contribution is -0.136. The maximum atomic E-state index is 12.0. The molecule has 0 heterocycles. The number of nitrogen functional groups attached to an aromatic ring is 1. The minimum Gasteiger partial charge on any atom is -0.398 e. The molecule has 0 aromatic heterocycles. The first-order valence-corrected chi connectivity index (χ1v) is 8.71. The molecule has 0 aliphatic heterocycles. The lowest BCUT2D eigenvalue weighted by atomic mass is 10.2. The van der Waals surface area contributed by atoms with Gasteiger partial charge in [0, 0.05) is 5.69 Å². The molecule has 0 aliphatic rings. The summed E-state index contributed by atoms with van der Waals surface area (Å²) in [5.41, 5.74) is 4.07. The average Bonchev–Trinajstić information content (AvgIpc) is 2.36. The van der Waals surface area contributed by atoms with Gasteiger partial charge in [-0.3, -0.25) is 4.55 Å². The number of rotatable bonds is 5. The van der Waals surface area contributed by atoms with Crippen LogP contribution in [0.5, 0.6) is 0 Å². The molecular formula is C11H15F3N2O5S2. The number of hydrogen-bond donors (Lipinski definition) is 2. The lowest BCUT2D eigenvalue weighted by Crippen LogP contribution is -2.07. The maximum absolute atomic E-state index is 12.0. The van der Waals surface area contributed by atoms with Crippen LogP contribution < -0.4 is 5.73 Å². The summed E-state index contributed by atoms with van der Waals surface area (Å²) in [7, 11) is -6.35. The molecule has 0 saturated carbocycles. The van der Waals surface area contributed by atoms with Crippen LogP contribution in [0.4, 0.5) is 18.9 Å². The van der Waals surface area contributed by atoms with Gasteiger partial charge in [-0.1, -0.05) is 12.1 Å². The van der Waals surface area contributed by atoms with Gasteiger partial charge in [-0.05, 0) is 25.0 Å². The van der Waals surface area contributed by atoms with Crippen molar-refractivity contribution in [2.45, 2.75) is 19.0 Å². The molecule has 1 aromatic rings. The Kier molecular flexibility index (Phi) is 8.79. The van der Waals surface area contributed by atoms with Crippen LogP contribution in [0.1, 0.15) is 18.4 Å². The summed E-state index contributed by atoms with van der Waals surface area (Å²) in [6, 6.07) is 4.95. The van der Waals surface area contributed by atoms with Crippen molar-refractivity contribution in [2.75, 3.05) is 18.0 Å². The normalized spacial score (nSPS) is 11.3. The van der Waals surface area contributed by atoms with Crippen molar-refractivity contribution in [3.8, 4) is 0 Å². The van der Waals surface area contributed by atoms with Crippen LogP contribution >= 0.6 is 0 Å². The molecule has 0 bridgehead atoms. The van der Waals surface area contributed by atoms with Crippen molar-refractivity contribution >= 4 is 26.3 Å². The Morgan fingerprint density at radius 3 is 2.13 bits per heavy atom. The van der Waals surface area contributed by atoms with Gasteiger partial charge < -0.3 is 5.73 Å². The number of para-hydroxylation sites is 1. The molecule has 132 valence electrons. The van der Waals surface area contributed by atoms with Crippen LogP contribution in [0.3, 0.4) is 0 Å². The molecular weight excluding hydrogens is 361 g/mol. The number of hydrogen-bond acceptors (Lipinski definition) is 6. The topological polar surface area (TPSA) is 127 Å². The standard InChI is InChI=1S/C7H6F3N.C4H9NO5S2/c8-7(9,10)5-3-1-2-4-6(5)11;6-11(7)5-3-1-2-4-12(8,9)10/h1-4H,11H2;1-4H2,(H,8,9,10). The molecule has 0 fully saturated rings. The third-order valence-electron chi connectivity index (χ3n) is 2.27. The number of benzene rings is 1. The van der Waals surface area contributed by atoms with E-state index in [1.807, 2.05) is 0 Å². The molecule has 0 aliphatic carbocycles. The van der Waals surface area contributed by atoms with Crippen LogP contribution in [-0.2, 0) is 26.8 Å². The van der Waals surface area contributed by atoms with Crippen molar-refractivity contribution in [3.05, 3.63) is 29.8 Å². The molecule has 3 N–H and O–H groups in total. The fraction of sp³-hybridized carbons (Fsp3) is 0.455. The third-order valence-corrected chi connectivity index (χ3v) is 3.47. The number of nitrogens with two attached hydrogens (primary N) is 1. The van der Waals surface area contributed by atoms with Crippen molar-refractivity contribution in [3.63, 3.8) is 0 Å². The third kappa shape index (κ3) is 11.5. The number of unbranched alkanes of at least 4 members (excludes halogenated alkanes) is 1. The van der Waals surface area contributed by atoms with E-state index in [4.69, 9.17) is 10.3 Å². The van der Waals surface area contributed by atoms with Crippen LogP contribution in [0.25, 0.3) is 0 Å². The van der Waals surface area contributed by atoms with Gasteiger partial charge in [-0.25, -0.2) is 0 Å². The van der Waals surface area contributed by atoms with Gasteiger partial charge in [0.1, 0.15) is 0 Å². The van der Waals surface area contributed by atoms with Crippen LogP contribution in [0.15, 0.2) is 28.6 Å². The smallest absolute Gasteiger partial charge is 0.398 e. The highest BCUT2D eigenvalue weighted by atomic mass is 32.2. The molecule has 23 heavy (non-hydrogen) atoms. The van der Waals surface area contributed by atoms with E-state index in [0.29, 0.717) is 6.42 Å². The fourth-order valence-corrected chi connectivity index (χ4v) is 2.14. The zero-order valence-corrected chi connectivity index (χ0v) is 13.3. The number of anilines is 1. The van der Waals surface area contributed by atoms with Crippen LogP contribution in [0.2, 0.25) is 0 Å². The summed E-state index contributed by atoms with van der Waals surface area (Å²) in [6.07, 6.45) is -3.81. The molecule has 0 radical (unpaired) electrons. The Bertz CT molecular complexity index is 722. The molecule has 0 amide bonds. The molecule has 0 atom stereocenters. The Hall–Kier alpha value is -1.66. The summed E-state index contributed by atoms with van der Waals surface area (Å²) in [5.74, 6) is -0.353. The number of nitrogens with zero attached hydrogens (tertiary/aromatic N) is 1. The van der Waals surface area contributed by atoms with Gasteiger partial charge in [0.05, 0.1) is 17.9 Å². The molecule has 0 unspecified atom stereocenters. The first-order chi connectivity index (χ1) is 10.4. The number of halogens is 3. The first-order valence-electron chi connectivity index (χ1n) is 6.07. The SMILES string of the molecule is Nc1ccccc1C(F)(F)F.O=S(=O)=NCCCCS(=O)(=O)O. The van der Waals surface area contributed by atoms with E-state index in [1.165, 1.54) is 18.2 Å². The monoisotopic (exact) mass is 376 g/mol. The maximum Gasteiger partial charge on any atom is 0.418 e. The quantitative estimate of drug-likeness (QED) is 0.460. The van der Waals surface area contributed by atoms with E-state index in [0.717, 1.165) is 6.07 Å². The van der Waals surface area contributed by atoms with Crippen molar-refractivity contribution < 1.29 is 34.6 Å². The van der Waals surface area contributed by atoms with Gasteiger partial charge in [-0.2, -0.15) is 34.4 Å². The predicted molar refractivity (Wildman–Crippen MR) is 77.7 cm³/mol. The Morgan fingerprint density at radius 1 is 1.17 bits per heavy atom. The minimum atomic E-state index is -4.34. The lowest BCUT2D eigenvalue weighted by Gasteiger charge is -2.07. The van der Waals surface area contributed by atoms with Crippen LogP contribution in [-0.4, -0.2) is 33.7 Å². The highest BCUT2D eigenvalue weighted by molar-refractivity contribution is 7.85. The van der Waals surface area contributed by atoms with Gasteiger partial charge in [0.25, 0.3) is 10.1 Å². The Labute approximate surface area is 132 Å². The van der Waals surface area contributed by atoms with Crippen molar-refractivity contribution in [1.82, 2.24) is 0 Å². The largest absolute Gasteiger partial charge is 0.418 e. The fourth-order valence-electron chi connectivity index (χ4n) is 1.29. The van der Waals surface area contributed by atoms with E-state index < -0.39 is 32.4 Å². The molecule has 1 rings (SSSR count). The van der Waals surface area contributed by atoms with E-state index in [-0.39, 0.29) is 24.4 Å². The Morgan fingerprint density at radius 2 is 1.74 bits per heavy atom. The summed E-state index contributed by atoms with van der Waals surface area (Å²) in [6.45, 7) is 0.0611. The summed E-state index contributed by atoms with van der Waals surface area (Å²) >= 11 is 0. The van der Waals surface area contributed by atoms with E-state index in [2.05, 4.69) is 4.36 Å². The van der Waals surface area contributed by atoms with E-state index in [9.17, 15) is 30.0 Å². The highest BCUT2D eigenvalue weighted by Gasteiger charge is 2.32. The second kappa shape index (κ2) is 9.47. The minimum absolute atomic E-state index is 0.0611. The number of alkyl halides is 3. The average molecular weight is 376 g/mol. The van der Waals surface area contributed by atoms with Crippen molar-refractivity contribution in [2.24, 2.45) is 4.36 Å². The van der Waals surface area contributed by atoms with Gasteiger partial charge in [0.2, 0.25) is 0 Å². The van der Waals surface area contributed by atoms with Gasteiger partial charge >= 0.3 is 16.7 Å². The molecule has 0 saturated heterocycles. The summed E-state index contributed by atoms with van der Waals surface area (Å²) in [4.78, 5) is 0. The first kappa shape index (κ1) is 21.3. The summed E-state index contributed by atoms with van der Waals surface area (Å²) < 4.78 is 87.1. The van der Waals surface area contributed by atoms with Crippen LogP contribution in [0, 0.1) is 0 Å². The molecule has 0 spiro atoms. The van der Waals surface area contributed by atoms with E-state index in [1.54, 1.807) is 0 Å². The molecule has 12 heteroatoms. The molecule has 1 aromatic carbocycles. The second-order valence-electron chi connectivity index (χ2n) is 4.15. The highest BCUT2D eigenvalue weighted by Crippen LogP contribution is 2.32. The zero-order valence-electron chi connectivity index (χ0n) is 11.7. The van der Waals surface area contributed by atoms with E-state index >= 15 is 0 Å². The predicted octanol–water partition coefficient (Wildman–Crippen LogP) is 2.00. The Balaban J connectivity index is 0.000000422. The molecule has 7 nitrogen and oxygen atoms in total. The van der Waals surface area contributed by atoms with Crippen molar-refractivity contribution in [1.29, 1.82) is 0 Å². The summed E-state index contributed by atoms with van der Waals surface area (Å²) in [5, 5.41) is 0. The van der Waals surface area contributed by atoms with Gasteiger partial charge in [0.15, 0.2) is 0 Å². The second-order valence-corrected chi connectivity index (χ2v) is 6.41. The van der Waals surface area contributed by atoms with Gasteiger partial charge in [-0.15, -0.1) is 0 Å².